The average molecular weight is 838 g/mol. The van der Waals surface area contributed by atoms with Crippen molar-refractivity contribution in [2.75, 3.05) is 19.8 Å². The highest BCUT2D eigenvalue weighted by Crippen LogP contribution is 2.43. The first-order valence-electron chi connectivity index (χ1n) is 22.3. The molecule has 0 bridgehead atoms. The number of unbranched alkanes of at least 4 members (excludes halogenated alkanes) is 17. The lowest BCUT2D eigenvalue weighted by Gasteiger charge is -2.18. The summed E-state index contributed by atoms with van der Waals surface area (Å²) in [6.07, 6.45) is 46.6. The SMILES string of the molecule is CCCCC/C=C\C/C=C\C/C=C\CCCCCCCCC(=O)NC(COP(=O)(O)OCC(O)COC(=O)CCCCCCC/C=C\C/C=C\CCCCC)C(=O)O. The van der Waals surface area contributed by atoms with Gasteiger partial charge in [0.05, 0.1) is 13.2 Å². The molecular formula is C46H80NO10P. The Morgan fingerprint density at radius 3 is 1.41 bits per heavy atom. The third kappa shape index (κ3) is 40.0. The molecule has 4 N–H and O–H groups in total. The van der Waals surface area contributed by atoms with Crippen LogP contribution in [0.25, 0.3) is 0 Å². The number of hydrogen-bond acceptors (Lipinski definition) is 8. The molecule has 0 spiro atoms. The third-order valence-corrected chi connectivity index (χ3v) is 10.2. The van der Waals surface area contributed by atoms with Crippen LogP contribution >= 0.6 is 7.82 Å². The van der Waals surface area contributed by atoms with Gasteiger partial charge in [-0.3, -0.25) is 18.6 Å². The molecule has 0 saturated heterocycles. The van der Waals surface area contributed by atoms with E-state index in [0.717, 1.165) is 96.3 Å². The van der Waals surface area contributed by atoms with Crippen LogP contribution in [0.15, 0.2) is 60.8 Å². The normalized spacial score (nSPS) is 14.3. The van der Waals surface area contributed by atoms with Crippen LogP contribution in [0, 0.1) is 0 Å². The van der Waals surface area contributed by atoms with Gasteiger partial charge in [-0.2, -0.15) is 0 Å². The van der Waals surface area contributed by atoms with Gasteiger partial charge in [0.2, 0.25) is 5.91 Å². The lowest BCUT2D eigenvalue weighted by atomic mass is 10.1. The number of carbonyl (C=O) groups is 3. The van der Waals surface area contributed by atoms with Gasteiger partial charge in [-0.05, 0) is 83.5 Å². The molecule has 11 nitrogen and oxygen atoms in total. The fourth-order valence-electron chi connectivity index (χ4n) is 5.76. The van der Waals surface area contributed by atoms with Crippen molar-refractivity contribution >= 4 is 25.7 Å². The molecular weight excluding hydrogens is 757 g/mol. The van der Waals surface area contributed by atoms with E-state index in [1.54, 1.807) is 0 Å². The van der Waals surface area contributed by atoms with Crippen LogP contribution in [0.4, 0.5) is 0 Å². The molecule has 0 aromatic heterocycles. The molecule has 3 unspecified atom stereocenters. The quantitative estimate of drug-likeness (QED) is 0.0201. The number of aliphatic carboxylic acids is 1. The minimum atomic E-state index is -4.77. The van der Waals surface area contributed by atoms with Crippen molar-refractivity contribution in [2.24, 2.45) is 0 Å². The first-order chi connectivity index (χ1) is 28.1. The standard InChI is InChI=1S/C46H80NO10P/c1-3-5-7-9-11-13-15-17-19-20-21-22-24-25-27-29-31-33-35-37-44(49)47-43(46(51)52)41-57-58(53,54)56-40-42(48)39-55-45(50)38-36-34-32-30-28-26-23-18-16-14-12-10-8-6-4-2/h11-14,17-19,21-23,42-43,48H,3-10,15-16,20,24-41H2,1-2H3,(H,47,49)(H,51,52)(H,53,54)/b13-11-,14-12-,19-17-,22-21-,23-18-. The number of esters is 1. The number of phosphoric ester groups is 1. The number of hydrogen-bond donors (Lipinski definition) is 4. The molecule has 0 aliphatic heterocycles. The van der Waals surface area contributed by atoms with E-state index in [1.165, 1.54) is 44.9 Å². The van der Waals surface area contributed by atoms with E-state index in [4.69, 9.17) is 13.8 Å². The molecule has 334 valence electrons. The number of amides is 1. The molecule has 3 atom stereocenters. The highest BCUT2D eigenvalue weighted by molar-refractivity contribution is 7.47. The van der Waals surface area contributed by atoms with Gasteiger partial charge in [-0.25, -0.2) is 9.36 Å². The predicted octanol–water partition coefficient (Wildman–Crippen LogP) is 11.6. The average Bonchev–Trinajstić information content (AvgIpc) is 3.20. The zero-order valence-corrected chi connectivity index (χ0v) is 37.0. The smallest absolute Gasteiger partial charge is 0.472 e. The molecule has 0 heterocycles. The second-order valence-corrected chi connectivity index (χ2v) is 16.3. The number of aliphatic hydroxyl groups is 1. The van der Waals surface area contributed by atoms with Crippen molar-refractivity contribution in [3.63, 3.8) is 0 Å². The first kappa shape index (κ1) is 55.2. The van der Waals surface area contributed by atoms with Crippen LogP contribution in [-0.4, -0.2) is 64.9 Å². The minimum Gasteiger partial charge on any atom is -0.480 e. The Morgan fingerprint density at radius 2 is 0.948 bits per heavy atom. The van der Waals surface area contributed by atoms with Gasteiger partial charge in [0.15, 0.2) is 6.04 Å². The van der Waals surface area contributed by atoms with E-state index in [9.17, 15) is 34.1 Å². The molecule has 0 radical (unpaired) electrons. The Bertz CT molecular complexity index is 1210. The summed E-state index contributed by atoms with van der Waals surface area (Å²) in [7, 11) is -4.77. The van der Waals surface area contributed by atoms with Crippen LogP contribution in [0.5, 0.6) is 0 Å². The summed E-state index contributed by atoms with van der Waals surface area (Å²) in [6.45, 7) is 2.51. The fraction of sp³-hybridized carbons (Fsp3) is 0.717. The van der Waals surface area contributed by atoms with Crippen molar-refractivity contribution in [3.8, 4) is 0 Å². The van der Waals surface area contributed by atoms with Gasteiger partial charge in [0.1, 0.15) is 12.7 Å². The number of carbonyl (C=O) groups excluding carboxylic acids is 2. The van der Waals surface area contributed by atoms with Crippen molar-refractivity contribution in [3.05, 3.63) is 60.8 Å². The summed E-state index contributed by atoms with van der Waals surface area (Å²) in [5.41, 5.74) is 0. The highest BCUT2D eigenvalue weighted by Gasteiger charge is 2.28. The summed E-state index contributed by atoms with van der Waals surface area (Å²) in [4.78, 5) is 45.9. The number of phosphoric acid groups is 1. The van der Waals surface area contributed by atoms with Crippen molar-refractivity contribution in [1.29, 1.82) is 0 Å². The maximum Gasteiger partial charge on any atom is 0.472 e. The van der Waals surface area contributed by atoms with E-state index in [0.29, 0.717) is 12.8 Å². The monoisotopic (exact) mass is 838 g/mol. The molecule has 1 amide bonds. The summed E-state index contributed by atoms with van der Waals surface area (Å²) < 4.78 is 26.8. The van der Waals surface area contributed by atoms with E-state index in [2.05, 4.69) is 79.9 Å². The largest absolute Gasteiger partial charge is 0.480 e. The Morgan fingerprint density at radius 1 is 0.552 bits per heavy atom. The van der Waals surface area contributed by atoms with Gasteiger partial charge in [0, 0.05) is 12.8 Å². The van der Waals surface area contributed by atoms with Crippen molar-refractivity contribution in [2.45, 2.75) is 193 Å². The van der Waals surface area contributed by atoms with Crippen LogP contribution in [0.2, 0.25) is 0 Å². The molecule has 0 saturated carbocycles. The zero-order chi connectivity index (χ0) is 42.8. The van der Waals surface area contributed by atoms with Crippen LogP contribution in [0.1, 0.15) is 181 Å². The van der Waals surface area contributed by atoms with Crippen LogP contribution in [-0.2, 0) is 32.7 Å². The molecule has 12 heteroatoms. The Hall–Kier alpha value is -2.82. The van der Waals surface area contributed by atoms with E-state index in [1.807, 2.05) is 0 Å². The van der Waals surface area contributed by atoms with Gasteiger partial charge in [-0.1, -0.05) is 145 Å². The maximum absolute atomic E-state index is 12.3. The van der Waals surface area contributed by atoms with Gasteiger partial charge < -0.3 is 25.2 Å². The van der Waals surface area contributed by atoms with E-state index in [-0.39, 0.29) is 12.8 Å². The summed E-state index contributed by atoms with van der Waals surface area (Å²) in [6, 6.07) is -1.56. The second-order valence-electron chi connectivity index (χ2n) is 14.9. The number of ether oxygens (including phenoxy) is 1. The Labute approximate surface area is 351 Å². The highest BCUT2D eigenvalue weighted by atomic mass is 31.2. The Kier molecular flexibility index (Phi) is 38.9. The molecule has 0 aliphatic carbocycles. The molecule has 0 aromatic rings. The maximum atomic E-state index is 12.3. The number of carboxylic acids is 1. The van der Waals surface area contributed by atoms with Gasteiger partial charge in [-0.15, -0.1) is 0 Å². The number of allylic oxidation sites excluding steroid dienone is 10. The molecule has 58 heavy (non-hydrogen) atoms. The Balaban J connectivity index is 3.95. The summed E-state index contributed by atoms with van der Waals surface area (Å²) in [5, 5.41) is 21.8. The first-order valence-corrected chi connectivity index (χ1v) is 23.8. The predicted molar refractivity (Wildman–Crippen MR) is 235 cm³/mol. The molecule has 0 aliphatic rings. The van der Waals surface area contributed by atoms with Gasteiger partial charge in [0.25, 0.3) is 0 Å². The number of rotatable bonds is 41. The molecule has 0 fully saturated rings. The zero-order valence-electron chi connectivity index (χ0n) is 36.1. The molecule has 0 aromatic carbocycles. The number of carboxylic acid groups (broad SMARTS) is 1. The van der Waals surface area contributed by atoms with Gasteiger partial charge >= 0.3 is 19.8 Å². The lowest BCUT2D eigenvalue weighted by Crippen LogP contribution is -2.43. The minimum absolute atomic E-state index is 0.127. The topological polar surface area (TPSA) is 169 Å². The summed E-state index contributed by atoms with van der Waals surface area (Å²) in [5.74, 6) is -2.41. The van der Waals surface area contributed by atoms with Crippen LogP contribution in [0.3, 0.4) is 0 Å². The van der Waals surface area contributed by atoms with Crippen molar-refractivity contribution in [1.82, 2.24) is 5.32 Å². The lowest BCUT2D eigenvalue weighted by molar-refractivity contribution is -0.147. The molecule has 0 rings (SSSR count). The van der Waals surface area contributed by atoms with E-state index >= 15 is 0 Å². The summed E-state index contributed by atoms with van der Waals surface area (Å²) >= 11 is 0. The number of aliphatic hydroxyl groups excluding tert-OH is 1. The number of nitrogens with one attached hydrogen (secondary N) is 1. The van der Waals surface area contributed by atoms with Crippen molar-refractivity contribution < 1.29 is 47.8 Å². The van der Waals surface area contributed by atoms with Crippen LogP contribution < -0.4 is 5.32 Å². The fourth-order valence-corrected chi connectivity index (χ4v) is 6.53. The van der Waals surface area contributed by atoms with E-state index < -0.39 is 57.6 Å². The second kappa shape index (κ2) is 40.9. The third-order valence-electron chi connectivity index (χ3n) is 9.28.